The number of anilines is 6. The maximum absolute atomic E-state index is 14.1. The molecular formula is C96H131FN22O5S. The number of rotatable bonds is 42. The van der Waals surface area contributed by atoms with Crippen LogP contribution in [0.1, 0.15) is 209 Å². The molecule has 0 amide bonds. The SMILES string of the molecule is CCCC[C@@H](CCO)Nc1nc(C)nc2ccn(Cc3ccc(OC)cc3)c12.CCCC[C@@H](CCO)Nc1nc(C)nc2ccn(Cc3ccccc3F)c12.CCCC[C@@H](CCO)Nc1nc(C)nc2ccn(Cc3cscn3)c12.CCCCn1ccc2nc(N)nc(NCc3ccccc3)c21.CCC[C@@H](CCO)Nc1nc(C)nc2ccn(CC3CCC3)c12. The van der Waals surface area contributed by atoms with Gasteiger partial charge in [0.2, 0.25) is 5.95 Å². The second-order valence-corrected chi connectivity index (χ2v) is 33.1. The van der Waals surface area contributed by atoms with E-state index in [1.807, 2.05) is 111 Å². The van der Waals surface area contributed by atoms with Gasteiger partial charge >= 0.3 is 0 Å². The second kappa shape index (κ2) is 48.9. The maximum atomic E-state index is 14.1. The molecule has 11 aromatic heterocycles. The van der Waals surface area contributed by atoms with Gasteiger partial charge in [-0.1, -0.05) is 153 Å². The van der Waals surface area contributed by atoms with Crippen molar-refractivity contribution < 1.29 is 29.6 Å². The summed E-state index contributed by atoms with van der Waals surface area (Å²) in [4.78, 5) is 50.0. The van der Waals surface area contributed by atoms with Gasteiger partial charge in [0.1, 0.15) is 62.4 Å². The first-order chi connectivity index (χ1) is 60.9. The molecule has 1 aliphatic rings. The highest BCUT2D eigenvalue weighted by molar-refractivity contribution is 7.07. The lowest BCUT2D eigenvalue weighted by Gasteiger charge is -2.26. The number of aromatic nitrogens is 16. The Kier molecular flexibility index (Phi) is 36.9. The number of nitrogens with one attached hydrogen (secondary N) is 5. The molecule has 3 aromatic carbocycles. The smallest absolute Gasteiger partial charge is 0.222 e. The second-order valence-electron chi connectivity index (χ2n) is 32.4. The zero-order valence-electron chi connectivity index (χ0n) is 74.7. The standard InChI is InChI=1S/C22H30N4O2.C21H27FN4O.C18H25N5OS.C18H28N4O.C17H21N5/c1-4-5-6-18(12-14-27)25-22-21-20(23-16(2)24-22)11-13-26(21)15-17-7-9-19(28-3)10-8-17;1-3-4-8-17(11-13-27)25-21-20-19(23-15(2)24-21)10-12-26(20)14-16-7-5-6-9-18(16)22;1-3-4-5-14(7-9-24)22-18-17-16(20-13(2)21-18)6-8-23(17)10-15-11-25-12-19-15;1-3-5-15(9-11-23)21-18-17-16(19-13(2)20-18)8-10-22(17)12-14-6-4-7-14;1-2-3-10-22-11-9-14-15(22)16(21-17(18)20-14)19-12-13-7-5-4-6-8-13/h7-11,13,18,27H,4-6,12,14-15H2,1-3H3,(H,23,24,25);5-7,9-10,12,17,27H,3-4,8,11,13-14H2,1-2H3,(H,23,24,25);6,8,11-12,14,24H,3-5,7,9-10H2,1-2H3,(H,20,21,22);8,10,14-15,23H,3-7,9,11-12H2,1-2H3,(H,19,20,21);4-9,11H,2-3,10,12H2,1H3,(H3,18,19,20,21)/t18-;17-;14-;15-;/m0000./s1. The zero-order chi connectivity index (χ0) is 88.4. The van der Waals surface area contributed by atoms with Gasteiger partial charge in [0.05, 0.1) is 59.0 Å². The molecule has 14 aromatic rings. The van der Waals surface area contributed by atoms with Crippen LogP contribution in [0.3, 0.4) is 0 Å². The predicted octanol–water partition coefficient (Wildman–Crippen LogP) is 19.0. The number of aryl methyl sites for hydroxylation is 5. The Morgan fingerprint density at radius 2 is 0.864 bits per heavy atom. The van der Waals surface area contributed by atoms with Crippen molar-refractivity contribution in [1.82, 2.24) is 77.7 Å². The van der Waals surface area contributed by atoms with Crippen LogP contribution in [0.2, 0.25) is 0 Å². The number of methoxy groups -OCH3 is 1. The predicted molar refractivity (Wildman–Crippen MR) is 506 cm³/mol. The summed E-state index contributed by atoms with van der Waals surface area (Å²) in [5.41, 5.74) is 21.3. The van der Waals surface area contributed by atoms with Crippen LogP contribution >= 0.6 is 11.3 Å². The first-order valence-electron chi connectivity index (χ1n) is 44.9. The highest BCUT2D eigenvalue weighted by Gasteiger charge is 2.24. The molecule has 27 nitrogen and oxygen atoms in total. The van der Waals surface area contributed by atoms with Gasteiger partial charge in [0.25, 0.3) is 0 Å². The summed E-state index contributed by atoms with van der Waals surface area (Å²) in [5.74, 6) is 8.85. The first-order valence-corrected chi connectivity index (χ1v) is 45.9. The number of hydrogen-bond acceptors (Lipinski definition) is 23. The number of nitrogens with two attached hydrogens (primary N) is 1. The van der Waals surface area contributed by atoms with Crippen molar-refractivity contribution in [2.24, 2.45) is 5.92 Å². The van der Waals surface area contributed by atoms with Crippen LogP contribution in [-0.4, -0.2) is 156 Å². The van der Waals surface area contributed by atoms with E-state index in [0.717, 1.165) is 235 Å². The highest BCUT2D eigenvalue weighted by atomic mass is 32.1. The minimum atomic E-state index is -0.219. The number of aliphatic hydroxyl groups is 4. The molecule has 1 aliphatic carbocycles. The average Bonchev–Trinajstić information content (AvgIpc) is 1.68. The minimum absolute atomic E-state index is 0.130. The lowest BCUT2D eigenvalue weighted by atomic mass is 9.85. The number of unbranched alkanes of at least 4 members (excludes halogenated alkanes) is 4. The van der Waals surface area contributed by atoms with Gasteiger partial charge in [0.15, 0.2) is 29.1 Å². The Morgan fingerprint density at radius 1 is 0.440 bits per heavy atom. The van der Waals surface area contributed by atoms with Crippen molar-refractivity contribution in [1.29, 1.82) is 0 Å². The number of benzene rings is 3. The summed E-state index contributed by atoms with van der Waals surface area (Å²) in [6.45, 7) is 23.8. The number of nitrogen functional groups attached to an aromatic ring is 1. The Bertz CT molecular complexity index is 5550. The topological polar surface area (TPSA) is 343 Å². The number of fused-ring (bicyclic) bond motifs is 5. The van der Waals surface area contributed by atoms with Gasteiger partial charge in [-0.15, -0.1) is 11.3 Å². The third-order valence-electron chi connectivity index (χ3n) is 22.5. The van der Waals surface area contributed by atoms with E-state index in [4.69, 9.17) is 10.5 Å². The maximum Gasteiger partial charge on any atom is 0.222 e. The lowest BCUT2D eigenvalue weighted by molar-refractivity contribution is 0.275. The first kappa shape index (κ1) is 94.4. The fourth-order valence-electron chi connectivity index (χ4n) is 15.8. The molecule has 125 heavy (non-hydrogen) atoms. The number of thiazole rings is 1. The zero-order valence-corrected chi connectivity index (χ0v) is 75.6. The van der Waals surface area contributed by atoms with Crippen LogP contribution in [0.4, 0.5) is 39.4 Å². The van der Waals surface area contributed by atoms with E-state index >= 15 is 0 Å². The Balaban J connectivity index is 0.000000152. The molecule has 668 valence electrons. The number of hydrogen-bond donors (Lipinski definition) is 10. The van der Waals surface area contributed by atoms with E-state index in [-0.39, 0.29) is 56.4 Å². The van der Waals surface area contributed by atoms with E-state index in [1.54, 1.807) is 30.6 Å². The summed E-state index contributed by atoms with van der Waals surface area (Å²) < 4.78 is 30.2. The molecule has 29 heteroatoms. The molecule has 11 N–H and O–H groups in total. The molecule has 0 aliphatic heterocycles. The van der Waals surface area contributed by atoms with Crippen LogP contribution in [0.25, 0.3) is 55.2 Å². The minimum Gasteiger partial charge on any atom is -0.497 e. The molecule has 15 rings (SSSR count). The van der Waals surface area contributed by atoms with Crippen molar-refractivity contribution in [2.45, 2.75) is 254 Å². The number of aliphatic hydroxyl groups excluding tert-OH is 4. The monoisotopic (exact) mass is 1720 g/mol. The summed E-state index contributed by atoms with van der Waals surface area (Å²) in [6, 6.07) is 36.0. The fourth-order valence-corrected chi connectivity index (χ4v) is 16.4. The summed E-state index contributed by atoms with van der Waals surface area (Å²) in [6.07, 6.45) is 31.2. The highest BCUT2D eigenvalue weighted by Crippen LogP contribution is 2.34. The Hall–Kier alpha value is -11.2. The van der Waals surface area contributed by atoms with Crippen LogP contribution < -0.4 is 37.1 Å². The third-order valence-corrected chi connectivity index (χ3v) is 23.1. The quantitative estimate of drug-likeness (QED) is 0.0170. The van der Waals surface area contributed by atoms with Crippen molar-refractivity contribution in [3.8, 4) is 5.75 Å². The van der Waals surface area contributed by atoms with Crippen molar-refractivity contribution >= 4 is 102 Å². The molecule has 4 atom stereocenters. The number of halogens is 1. The largest absolute Gasteiger partial charge is 0.497 e. The molecule has 0 spiro atoms. The molecule has 0 unspecified atom stereocenters. The van der Waals surface area contributed by atoms with Crippen LogP contribution in [-0.2, 0) is 39.3 Å². The normalized spacial score (nSPS) is 12.9. The van der Waals surface area contributed by atoms with Gasteiger partial charge in [-0.2, -0.15) is 4.98 Å². The number of ether oxygens (including phenoxy) is 1. The van der Waals surface area contributed by atoms with E-state index < -0.39 is 0 Å². The van der Waals surface area contributed by atoms with Crippen LogP contribution in [0.15, 0.2) is 151 Å². The van der Waals surface area contributed by atoms with Gasteiger partial charge in [-0.3, -0.25) is 0 Å². The Labute approximate surface area is 738 Å². The van der Waals surface area contributed by atoms with Crippen molar-refractivity contribution in [3.63, 3.8) is 0 Å². The van der Waals surface area contributed by atoms with Gasteiger partial charge < -0.3 is 80.3 Å². The summed E-state index contributed by atoms with van der Waals surface area (Å²) in [7, 11) is 1.67. The van der Waals surface area contributed by atoms with Crippen molar-refractivity contribution in [2.75, 3.05) is 65.9 Å². The Morgan fingerprint density at radius 3 is 1.30 bits per heavy atom. The molecule has 0 bridgehead atoms. The molecular weight excluding hydrogens is 1590 g/mol. The average molecular weight is 1720 g/mol. The fraction of sp³-hybridized carbons (Fsp3) is 0.469. The third kappa shape index (κ3) is 27.1. The van der Waals surface area contributed by atoms with E-state index in [1.165, 1.54) is 36.5 Å². The molecule has 1 fully saturated rings. The van der Waals surface area contributed by atoms with Gasteiger partial charge in [-0.25, -0.2) is 54.2 Å². The lowest BCUT2D eigenvalue weighted by Crippen LogP contribution is -2.23. The molecule has 0 radical (unpaired) electrons. The van der Waals surface area contributed by atoms with E-state index in [9.17, 15) is 24.8 Å². The molecule has 11 heterocycles. The van der Waals surface area contributed by atoms with E-state index in [0.29, 0.717) is 49.8 Å². The molecule has 0 saturated heterocycles. The molecule has 1 saturated carbocycles. The van der Waals surface area contributed by atoms with Crippen LogP contribution in [0, 0.1) is 39.4 Å². The van der Waals surface area contributed by atoms with Crippen molar-refractivity contribution in [3.05, 3.63) is 203 Å². The van der Waals surface area contributed by atoms with Gasteiger partial charge in [0, 0.05) is 119 Å². The summed E-state index contributed by atoms with van der Waals surface area (Å²) in [5, 5.41) is 57.2. The van der Waals surface area contributed by atoms with E-state index in [2.05, 4.69) is 189 Å². The van der Waals surface area contributed by atoms with Gasteiger partial charge in [-0.05, 0) is 164 Å². The number of nitrogens with zero attached hydrogens (tertiary/aromatic N) is 16. The van der Waals surface area contributed by atoms with Crippen LogP contribution in [0.5, 0.6) is 5.75 Å². The summed E-state index contributed by atoms with van der Waals surface area (Å²) >= 11 is 1.60.